The third-order valence-electron chi connectivity index (χ3n) is 4.10. The molecule has 0 bridgehead atoms. The molecule has 0 unspecified atom stereocenters. The monoisotopic (exact) mass is 367 g/mol. The van der Waals surface area contributed by atoms with Crippen molar-refractivity contribution in [1.82, 2.24) is 5.32 Å². The summed E-state index contributed by atoms with van der Waals surface area (Å²) in [6.07, 6.45) is 6.66. The number of carbonyl (C=O) groups is 2. The summed E-state index contributed by atoms with van der Waals surface area (Å²) in [7, 11) is 0. The first-order valence-corrected chi connectivity index (χ1v) is 8.67. The molecule has 0 heterocycles. The van der Waals surface area contributed by atoms with E-state index < -0.39 is 18.7 Å². The highest BCUT2D eigenvalue weighted by Crippen LogP contribution is 2.19. The van der Waals surface area contributed by atoms with Crippen molar-refractivity contribution in [2.75, 3.05) is 6.54 Å². The average Bonchev–Trinajstić information content (AvgIpc) is 2.62. The summed E-state index contributed by atoms with van der Waals surface area (Å²) in [5.41, 5.74) is 1.51. The molecule has 0 saturated carbocycles. The van der Waals surface area contributed by atoms with E-state index in [1.54, 1.807) is 0 Å². The zero-order valence-electron chi connectivity index (χ0n) is 14.7. The number of esters is 1. The van der Waals surface area contributed by atoms with Gasteiger partial charge in [0, 0.05) is 6.54 Å². The molecule has 26 heavy (non-hydrogen) atoms. The normalized spacial score (nSPS) is 15.2. The fraction of sp³-hybridized carbons (Fsp3) is 0.474. The topological polar surface area (TPSA) is 64.6 Å². The third kappa shape index (κ3) is 6.46. The quantitative estimate of drug-likeness (QED) is 0.560. The number of allylic oxidation sites excluding steroid dienone is 1. The molecule has 0 radical (unpaired) electrons. The number of hydrogen-bond acceptors (Lipinski definition) is 4. The molecule has 1 aromatic carbocycles. The molecule has 0 spiro atoms. The van der Waals surface area contributed by atoms with Crippen molar-refractivity contribution >= 4 is 11.9 Å². The zero-order chi connectivity index (χ0) is 18.9. The number of ether oxygens (including phenoxy) is 2. The van der Waals surface area contributed by atoms with Gasteiger partial charge in [0.25, 0.3) is 5.91 Å². The van der Waals surface area contributed by atoms with Crippen LogP contribution in [0.25, 0.3) is 0 Å². The lowest BCUT2D eigenvalue weighted by molar-refractivity contribution is -0.129. The Morgan fingerprint density at radius 1 is 1.19 bits per heavy atom. The van der Waals surface area contributed by atoms with Crippen molar-refractivity contribution < 1.29 is 27.8 Å². The number of carbonyl (C=O) groups excluding carboxylic acids is 2. The van der Waals surface area contributed by atoms with Gasteiger partial charge in [-0.2, -0.15) is 8.78 Å². The summed E-state index contributed by atoms with van der Waals surface area (Å²) < 4.78 is 33.5. The van der Waals surface area contributed by atoms with E-state index in [1.165, 1.54) is 49.6 Å². The van der Waals surface area contributed by atoms with Gasteiger partial charge in [0.1, 0.15) is 5.75 Å². The Bertz CT molecular complexity index is 643. The molecule has 5 nitrogen and oxygen atoms in total. The van der Waals surface area contributed by atoms with E-state index >= 15 is 0 Å². The lowest BCUT2D eigenvalue weighted by atomic mass is 9.97. The molecule has 2 rings (SSSR count). The molecule has 0 fully saturated rings. The number of rotatable bonds is 8. The second-order valence-corrected chi connectivity index (χ2v) is 6.10. The molecule has 0 saturated heterocycles. The van der Waals surface area contributed by atoms with Crippen LogP contribution in [-0.4, -0.2) is 31.1 Å². The lowest BCUT2D eigenvalue weighted by Crippen LogP contribution is -2.36. The van der Waals surface area contributed by atoms with Gasteiger partial charge in [-0.15, -0.1) is 0 Å². The summed E-state index contributed by atoms with van der Waals surface area (Å²) in [5, 5.41) is 2.76. The van der Waals surface area contributed by atoms with Crippen LogP contribution in [0.3, 0.4) is 0 Å². The van der Waals surface area contributed by atoms with Gasteiger partial charge in [0.2, 0.25) is 0 Å². The molecule has 0 aromatic heterocycles. The average molecular weight is 367 g/mol. The zero-order valence-corrected chi connectivity index (χ0v) is 14.7. The lowest BCUT2D eigenvalue weighted by Gasteiger charge is -2.15. The minimum atomic E-state index is -2.93. The van der Waals surface area contributed by atoms with Crippen molar-refractivity contribution in [1.29, 1.82) is 0 Å². The summed E-state index contributed by atoms with van der Waals surface area (Å²) in [6, 6.07) is 5.09. The van der Waals surface area contributed by atoms with Crippen LogP contribution >= 0.6 is 0 Å². The van der Waals surface area contributed by atoms with Crippen LogP contribution in [0.5, 0.6) is 5.75 Å². The van der Waals surface area contributed by atoms with Crippen LogP contribution in [0.2, 0.25) is 0 Å². The Kier molecular flexibility index (Phi) is 7.56. The van der Waals surface area contributed by atoms with Gasteiger partial charge in [-0.05, 0) is 63.3 Å². The molecule has 1 amide bonds. The Morgan fingerprint density at radius 3 is 2.54 bits per heavy atom. The number of benzene rings is 1. The van der Waals surface area contributed by atoms with E-state index in [9.17, 15) is 18.4 Å². The smallest absolute Gasteiger partial charge is 0.387 e. The molecule has 1 aromatic rings. The van der Waals surface area contributed by atoms with E-state index in [2.05, 4.69) is 16.1 Å². The predicted octanol–water partition coefficient (Wildman–Crippen LogP) is 3.84. The number of hydrogen-bond donors (Lipinski definition) is 1. The maximum Gasteiger partial charge on any atom is 0.387 e. The van der Waals surface area contributed by atoms with Gasteiger partial charge in [-0.3, -0.25) is 4.79 Å². The van der Waals surface area contributed by atoms with Crippen LogP contribution in [0, 0.1) is 0 Å². The van der Waals surface area contributed by atoms with E-state index in [-0.39, 0.29) is 17.2 Å². The van der Waals surface area contributed by atoms with Crippen molar-refractivity contribution in [3.05, 3.63) is 41.5 Å². The van der Waals surface area contributed by atoms with Crippen LogP contribution < -0.4 is 10.1 Å². The fourth-order valence-corrected chi connectivity index (χ4v) is 2.68. The second kappa shape index (κ2) is 9.89. The number of nitrogens with one attached hydrogen (secondary N) is 1. The maximum absolute atomic E-state index is 12.1. The highest BCUT2D eigenvalue weighted by Gasteiger charge is 2.19. The van der Waals surface area contributed by atoms with Crippen LogP contribution in [0.4, 0.5) is 8.78 Å². The van der Waals surface area contributed by atoms with Gasteiger partial charge in [0.05, 0.1) is 5.56 Å². The molecule has 142 valence electrons. The molecule has 1 aliphatic rings. The predicted molar refractivity (Wildman–Crippen MR) is 92.1 cm³/mol. The Morgan fingerprint density at radius 2 is 1.92 bits per heavy atom. The number of alkyl halides is 2. The standard InChI is InChI=1S/C19H23F2NO4/c1-13(17(23)22-12-11-14-5-3-2-4-6-14)25-18(24)15-7-9-16(10-8-15)26-19(20)21/h5,7-10,13,19H,2-4,6,11-12H2,1H3,(H,22,23)/t13-/m1/s1. The second-order valence-electron chi connectivity index (χ2n) is 6.10. The van der Waals surface area contributed by atoms with Crippen LogP contribution in [0.1, 0.15) is 49.4 Å². The highest BCUT2D eigenvalue weighted by atomic mass is 19.3. The molecular weight excluding hydrogens is 344 g/mol. The SMILES string of the molecule is C[C@@H](OC(=O)c1ccc(OC(F)F)cc1)C(=O)NCCC1=CCCCC1. The highest BCUT2D eigenvalue weighted by molar-refractivity contribution is 5.92. The largest absolute Gasteiger partial charge is 0.449 e. The van der Waals surface area contributed by atoms with Gasteiger partial charge >= 0.3 is 12.6 Å². The minimum Gasteiger partial charge on any atom is -0.449 e. The van der Waals surface area contributed by atoms with Crippen molar-refractivity contribution in [3.63, 3.8) is 0 Å². The third-order valence-corrected chi connectivity index (χ3v) is 4.10. The molecule has 1 aliphatic carbocycles. The Balaban J connectivity index is 1.76. The summed E-state index contributed by atoms with van der Waals surface area (Å²) in [6.45, 7) is -0.936. The summed E-state index contributed by atoms with van der Waals surface area (Å²) in [4.78, 5) is 24.0. The first-order chi connectivity index (χ1) is 12.5. The van der Waals surface area contributed by atoms with Crippen LogP contribution in [-0.2, 0) is 9.53 Å². The minimum absolute atomic E-state index is 0.0561. The Labute approximate surface area is 151 Å². The summed E-state index contributed by atoms with van der Waals surface area (Å²) in [5.74, 6) is -1.13. The van der Waals surface area contributed by atoms with Gasteiger partial charge in [0.15, 0.2) is 6.10 Å². The molecular formula is C19H23F2NO4. The molecule has 7 heteroatoms. The maximum atomic E-state index is 12.1. The van der Waals surface area contributed by atoms with Crippen LogP contribution in [0.15, 0.2) is 35.9 Å². The molecule has 1 N–H and O–H groups in total. The first-order valence-electron chi connectivity index (χ1n) is 8.67. The van der Waals surface area contributed by atoms with E-state index in [0.29, 0.717) is 6.54 Å². The summed E-state index contributed by atoms with van der Waals surface area (Å²) >= 11 is 0. The van der Waals surface area contributed by atoms with Gasteiger partial charge in [-0.25, -0.2) is 4.79 Å². The van der Waals surface area contributed by atoms with Gasteiger partial charge in [-0.1, -0.05) is 11.6 Å². The first kappa shape index (κ1) is 19.9. The van der Waals surface area contributed by atoms with E-state index in [4.69, 9.17) is 4.74 Å². The van der Waals surface area contributed by atoms with Crippen molar-refractivity contribution in [3.8, 4) is 5.75 Å². The van der Waals surface area contributed by atoms with Crippen molar-refractivity contribution in [2.45, 2.75) is 51.7 Å². The van der Waals surface area contributed by atoms with E-state index in [0.717, 1.165) is 19.3 Å². The van der Waals surface area contributed by atoms with Gasteiger partial charge < -0.3 is 14.8 Å². The molecule has 0 aliphatic heterocycles. The number of halogens is 2. The van der Waals surface area contributed by atoms with E-state index in [1.807, 2.05) is 0 Å². The number of amides is 1. The molecule has 1 atom stereocenters. The van der Waals surface area contributed by atoms with Crippen molar-refractivity contribution in [2.24, 2.45) is 0 Å². The fourth-order valence-electron chi connectivity index (χ4n) is 2.68. The Hall–Kier alpha value is -2.44.